The zero-order valence-corrected chi connectivity index (χ0v) is 13.3. The Balaban J connectivity index is 1.72. The molecule has 116 valence electrons. The van der Waals surface area contributed by atoms with E-state index in [-0.39, 0.29) is 5.56 Å². The zero-order valence-electron chi connectivity index (χ0n) is 13.3. The molecule has 1 aliphatic rings. The van der Waals surface area contributed by atoms with Crippen LogP contribution in [0.25, 0.3) is 10.9 Å². The quantitative estimate of drug-likeness (QED) is 0.797. The Labute approximate surface area is 135 Å². The highest BCUT2D eigenvalue weighted by Gasteiger charge is 2.15. The van der Waals surface area contributed by atoms with Gasteiger partial charge in [-0.05, 0) is 48.9 Å². The van der Waals surface area contributed by atoms with Crippen LogP contribution in [-0.4, -0.2) is 4.57 Å². The van der Waals surface area contributed by atoms with Crippen molar-refractivity contribution in [2.75, 3.05) is 5.32 Å². The first-order valence-corrected chi connectivity index (χ1v) is 8.17. The van der Waals surface area contributed by atoms with Gasteiger partial charge >= 0.3 is 0 Å². The summed E-state index contributed by atoms with van der Waals surface area (Å²) in [5, 5.41) is 4.53. The first-order valence-electron chi connectivity index (χ1n) is 8.17. The maximum absolute atomic E-state index is 12.8. The van der Waals surface area contributed by atoms with E-state index in [2.05, 4.69) is 54.7 Å². The van der Waals surface area contributed by atoms with Crippen molar-refractivity contribution >= 4 is 16.6 Å². The van der Waals surface area contributed by atoms with Crippen molar-refractivity contribution in [3.63, 3.8) is 0 Å². The van der Waals surface area contributed by atoms with Crippen LogP contribution in [0.15, 0.2) is 53.3 Å². The van der Waals surface area contributed by atoms with E-state index < -0.39 is 0 Å². The lowest BCUT2D eigenvalue weighted by molar-refractivity contribution is 0.612. The van der Waals surface area contributed by atoms with Crippen molar-refractivity contribution in [1.29, 1.82) is 0 Å². The molecule has 0 spiro atoms. The maximum Gasteiger partial charge on any atom is 0.256 e. The summed E-state index contributed by atoms with van der Waals surface area (Å²) in [6.45, 7) is 3.45. The third kappa shape index (κ3) is 2.52. The average molecular weight is 304 g/mol. The molecule has 1 aliphatic heterocycles. The van der Waals surface area contributed by atoms with E-state index >= 15 is 0 Å². The number of hydrogen-bond acceptors (Lipinski definition) is 2. The summed E-state index contributed by atoms with van der Waals surface area (Å²) in [6.07, 6.45) is 2.11. The third-order valence-corrected chi connectivity index (χ3v) is 4.63. The second-order valence-electron chi connectivity index (χ2n) is 6.30. The summed E-state index contributed by atoms with van der Waals surface area (Å²) in [7, 11) is 0. The van der Waals surface area contributed by atoms with Crippen LogP contribution in [0, 0.1) is 6.92 Å². The smallest absolute Gasteiger partial charge is 0.256 e. The summed E-state index contributed by atoms with van der Waals surface area (Å²) in [6, 6.07) is 16.6. The second-order valence-corrected chi connectivity index (χ2v) is 6.30. The molecule has 4 rings (SSSR count). The van der Waals surface area contributed by atoms with Crippen LogP contribution in [0.2, 0.25) is 0 Å². The van der Waals surface area contributed by atoms with E-state index in [0.717, 1.165) is 36.2 Å². The standard InChI is InChI=1S/C20H20N2O/c1-14-7-9-18(10-8-14)21-13-17-12-16-5-2-4-15-6-3-11-22(19(15)16)20(17)23/h2,4-5,7-10,12,21H,3,6,11,13H2,1H3. The predicted octanol–water partition coefficient (Wildman–Crippen LogP) is 3.87. The van der Waals surface area contributed by atoms with E-state index in [1.165, 1.54) is 16.5 Å². The largest absolute Gasteiger partial charge is 0.381 e. The minimum atomic E-state index is 0.143. The Morgan fingerprint density at radius 1 is 1.13 bits per heavy atom. The number of aryl methyl sites for hydroxylation is 3. The molecule has 0 amide bonds. The fraction of sp³-hybridized carbons (Fsp3) is 0.250. The first kappa shape index (κ1) is 14.1. The van der Waals surface area contributed by atoms with Gasteiger partial charge in [-0.2, -0.15) is 0 Å². The van der Waals surface area contributed by atoms with Crippen molar-refractivity contribution < 1.29 is 0 Å². The fourth-order valence-corrected chi connectivity index (χ4v) is 3.42. The molecule has 0 saturated carbocycles. The molecule has 3 aromatic rings. The Hall–Kier alpha value is -2.55. The van der Waals surface area contributed by atoms with Crippen LogP contribution in [0.1, 0.15) is 23.1 Å². The molecule has 1 aromatic heterocycles. The summed E-state index contributed by atoms with van der Waals surface area (Å²) < 4.78 is 1.96. The topological polar surface area (TPSA) is 34.0 Å². The van der Waals surface area contributed by atoms with Gasteiger partial charge in [-0.25, -0.2) is 0 Å². The lowest BCUT2D eigenvalue weighted by atomic mass is 10.00. The highest BCUT2D eigenvalue weighted by molar-refractivity contribution is 5.83. The van der Waals surface area contributed by atoms with Crippen molar-refractivity contribution in [3.8, 4) is 0 Å². The van der Waals surface area contributed by atoms with E-state index in [1.54, 1.807) is 0 Å². The summed E-state index contributed by atoms with van der Waals surface area (Å²) in [4.78, 5) is 12.8. The molecule has 0 radical (unpaired) electrons. The number of aromatic nitrogens is 1. The van der Waals surface area contributed by atoms with Crippen LogP contribution in [0.5, 0.6) is 0 Å². The lowest BCUT2D eigenvalue weighted by Gasteiger charge is -2.20. The number of para-hydroxylation sites is 1. The minimum Gasteiger partial charge on any atom is -0.381 e. The maximum atomic E-state index is 12.8. The van der Waals surface area contributed by atoms with Gasteiger partial charge < -0.3 is 9.88 Å². The predicted molar refractivity (Wildman–Crippen MR) is 95.0 cm³/mol. The van der Waals surface area contributed by atoms with Gasteiger partial charge in [0.2, 0.25) is 0 Å². The molecule has 2 aromatic carbocycles. The molecule has 1 N–H and O–H groups in total. The SMILES string of the molecule is Cc1ccc(NCc2cc3cccc4c3n(c2=O)CCC4)cc1. The Bertz CT molecular complexity index is 923. The third-order valence-electron chi connectivity index (χ3n) is 4.63. The highest BCUT2D eigenvalue weighted by atomic mass is 16.1. The molecule has 2 heterocycles. The minimum absolute atomic E-state index is 0.143. The van der Waals surface area contributed by atoms with Crippen molar-refractivity contribution in [1.82, 2.24) is 4.57 Å². The van der Waals surface area contributed by atoms with E-state index in [0.29, 0.717) is 6.54 Å². The highest BCUT2D eigenvalue weighted by Crippen LogP contribution is 2.24. The normalized spacial score (nSPS) is 13.3. The van der Waals surface area contributed by atoms with E-state index in [1.807, 2.05) is 10.6 Å². The zero-order chi connectivity index (χ0) is 15.8. The van der Waals surface area contributed by atoms with Crippen molar-refractivity contribution in [2.45, 2.75) is 32.9 Å². The number of rotatable bonds is 3. The van der Waals surface area contributed by atoms with Crippen LogP contribution in [0.3, 0.4) is 0 Å². The lowest BCUT2D eigenvalue weighted by Crippen LogP contribution is -2.28. The number of pyridine rings is 1. The summed E-state index contributed by atoms with van der Waals surface area (Å²) in [5.74, 6) is 0. The monoisotopic (exact) mass is 304 g/mol. The number of nitrogens with zero attached hydrogens (tertiary/aromatic N) is 1. The van der Waals surface area contributed by atoms with Crippen molar-refractivity contribution in [2.24, 2.45) is 0 Å². The molecule has 0 atom stereocenters. The van der Waals surface area contributed by atoms with Crippen LogP contribution >= 0.6 is 0 Å². The van der Waals surface area contributed by atoms with Gasteiger partial charge in [0.1, 0.15) is 0 Å². The summed E-state index contributed by atoms with van der Waals surface area (Å²) >= 11 is 0. The molecule has 0 bridgehead atoms. The molecule has 3 nitrogen and oxygen atoms in total. The first-order chi connectivity index (χ1) is 11.2. The van der Waals surface area contributed by atoms with Gasteiger partial charge in [0, 0.05) is 24.3 Å². The van der Waals surface area contributed by atoms with Crippen LogP contribution in [0.4, 0.5) is 5.69 Å². The molecule has 3 heteroatoms. The van der Waals surface area contributed by atoms with Gasteiger partial charge in [0.25, 0.3) is 5.56 Å². The Morgan fingerprint density at radius 3 is 2.78 bits per heavy atom. The van der Waals surface area contributed by atoms with Gasteiger partial charge in [0.05, 0.1) is 5.52 Å². The molecule has 0 aliphatic carbocycles. The number of nitrogens with one attached hydrogen (secondary N) is 1. The Morgan fingerprint density at radius 2 is 1.96 bits per heavy atom. The molecular formula is C20H20N2O. The molecule has 0 unspecified atom stereocenters. The van der Waals surface area contributed by atoms with Crippen LogP contribution < -0.4 is 10.9 Å². The average Bonchev–Trinajstić information content (AvgIpc) is 2.58. The van der Waals surface area contributed by atoms with Gasteiger partial charge in [-0.15, -0.1) is 0 Å². The Kier molecular flexibility index (Phi) is 3.41. The van der Waals surface area contributed by atoms with Gasteiger partial charge in [-0.1, -0.05) is 35.9 Å². The van der Waals surface area contributed by atoms with Gasteiger partial charge in [-0.3, -0.25) is 4.79 Å². The fourth-order valence-electron chi connectivity index (χ4n) is 3.42. The van der Waals surface area contributed by atoms with E-state index in [9.17, 15) is 4.79 Å². The van der Waals surface area contributed by atoms with Crippen molar-refractivity contribution in [3.05, 3.63) is 75.6 Å². The van der Waals surface area contributed by atoms with Gasteiger partial charge in [0.15, 0.2) is 0 Å². The molecule has 23 heavy (non-hydrogen) atoms. The number of anilines is 1. The summed E-state index contributed by atoms with van der Waals surface area (Å²) in [5.41, 5.74) is 5.67. The van der Waals surface area contributed by atoms with Crippen LogP contribution in [-0.2, 0) is 19.5 Å². The molecule has 0 saturated heterocycles. The number of hydrogen-bond donors (Lipinski definition) is 1. The molecule has 0 fully saturated rings. The number of benzene rings is 2. The second kappa shape index (κ2) is 5.58. The van der Waals surface area contributed by atoms with E-state index in [4.69, 9.17) is 0 Å². The molecular weight excluding hydrogens is 284 g/mol.